The van der Waals surface area contributed by atoms with E-state index in [2.05, 4.69) is 39.7 Å². The second kappa shape index (κ2) is 7.54. The Morgan fingerprint density at radius 2 is 1.62 bits per heavy atom. The molecule has 5 nitrogen and oxygen atoms in total. The molecule has 0 aliphatic rings. The third kappa shape index (κ3) is 4.00. The first-order valence-electron chi connectivity index (χ1n) is 8.17. The van der Waals surface area contributed by atoms with E-state index in [0.717, 1.165) is 16.8 Å². The summed E-state index contributed by atoms with van der Waals surface area (Å²) in [5.41, 5.74) is 5.32. The van der Waals surface area contributed by atoms with Crippen molar-refractivity contribution in [2.75, 3.05) is 10.6 Å². The van der Waals surface area contributed by atoms with E-state index in [0.29, 0.717) is 22.2 Å². The topological polar surface area (TPSA) is 66.9 Å². The molecular weight excluding hydrogens is 348 g/mol. The first-order chi connectivity index (χ1) is 12.4. The van der Waals surface area contributed by atoms with E-state index in [1.165, 1.54) is 18.0 Å². The lowest BCUT2D eigenvalue weighted by atomic mass is 10.1. The fourth-order valence-corrected chi connectivity index (χ4v) is 2.94. The molecule has 0 saturated heterocycles. The molecule has 0 atom stereocenters. The van der Waals surface area contributed by atoms with E-state index in [9.17, 15) is 4.79 Å². The van der Waals surface area contributed by atoms with Crippen LogP contribution in [0.3, 0.4) is 0 Å². The van der Waals surface area contributed by atoms with E-state index in [1.54, 1.807) is 24.3 Å². The van der Waals surface area contributed by atoms with Crippen molar-refractivity contribution in [3.63, 3.8) is 0 Å². The molecule has 26 heavy (non-hydrogen) atoms. The summed E-state index contributed by atoms with van der Waals surface area (Å²) in [6, 6.07) is 11.3. The molecule has 0 unspecified atom stereocenters. The average Bonchev–Trinajstić information content (AvgIpc) is 2.60. The monoisotopic (exact) mass is 366 g/mol. The van der Waals surface area contributed by atoms with Crippen molar-refractivity contribution in [3.05, 3.63) is 76.1 Å². The highest BCUT2D eigenvalue weighted by atomic mass is 35.5. The second-order valence-corrected chi connectivity index (χ2v) is 6.54. The SMILES string of the molecule is Cc1cc(C)c(Nc2ncc(C(=O)Nc3ccccc3Cl)cn2)c(C)c1. The minimum Gasteiger partial charge on any atom is -0.324 e. The largest absolute Gasteiger partial charge is 0.324 e. The Kier molecular flexibility index (Phi) is 5.19. The van der Waals surface area contributed by atoms with Crippen molar-refractivity contribution in [3.8, 4) is 0 Å². The Morgan fingerprint density at radius 1 is 1.00 bits per heavy atom. The number of anilines is 3. The van der Waals surface area contributed by atoms with Gasteiger partial charge in [-0.3, -0.25) is 4.79 Å². The summed E-state index contributed by atoms with van der Waals surface area (Å²) in [4.78, 5) is 20.8. The number of amides is 1. The Bertz CT molecular complexity index is 931. The van der Waals surface area contributed by atoms with Crippen LogP contribution in [0.25, 0.3) is 0 Å². The molecule has 0 radical (unpaired) electrons. The fraction of sp³-hybridized carbons (Fsp3) is 0.150. The first kappa shape index (κ1) is 17.9. The number of aromatic nitrogens is 2. The van der Waals surface area contributed by atoms with E-state index in [4.69, 9.17) is 11.6 Å². The zero-order chi connectivity index (χ0) is 18.7. The maximum absolute atomic E-state index is 12.3. The molecule has 6 heteroatoms. The summed E-state index contributed by atoms with van der Waals surface area (Å²) in [6.45, 7) is 6.13. The van der Waals surface area contributed by atoms with Crippen LogP contribution in [0.15, 0.2) is 48.8 Å². The lowest BCUT2D eigenvalue weighted by Crippen LogP contribution is -2.13. The summed E-state index contributed by atoms with van der Waals surface area (Å²) in [7, 11) is 0. The number of nitrogens with one attached hydrogen (secondary N) is 2. The fourth-order valence-electron chi connectivity index (χ4n) is 2.76. The number of hydrogen-bond acceptors (Lipinski definition) is 4. The standard InChI is InChI=1S/C20H19ClN4O/c1-12-8-13(2)18(14(3)9-12)25-20-22-10-15(11-23-20)19(26)24-17-7-5-4-6-16(17)21/h4-11H,1-3H3,(H,24,26)(H,22,23,25). The van der Waals surface area contributed by atoms with Gasteiger partial charge in [0.05, 0.1) is 16.3 Å². The van der Waals surface area contributed by atoms with Gasteiger partial charge in [-0.1, -0.05) is 41.4 Å². The molecule has 2 aromatic carbocycles. The van der Waals surface area contributed by atoms with Crippen molar-refractivity contribution in [2.24, 2.45) is 0 Å². The highest BCUT2D eigenvalue weighted by molar-refractivity contribution is 6.33. The molecule has 0 aliphatic heterocycles. The van der Waals surface area contributed by atoms with Crippen LogP contribution in [0, 0.1) is 20.8 Å². The Balaban J connectivity index is 1.75. The van der Waals surface area contributed by atoms with Crippen LogP contribution < -0.4 is 10.6 Å². The zero-order valence-electron chi connectivity index (χ0n) is 14.8. The molecule has 0 fully saturated rings. The third-order valence-corrected chi connectivity index (χ3v) is 4.28. The van der Waals surface area contributed by atoms with Gasteiger partial charge in [0.1, 0.15) is 0 Å². The van der Waals surface area contributed by atoms with Gasteiger partial charge >= 0.3 is 0 Å². The number of hydrogen-bond donors (Lipinski definition) is 2. The molecule has 0 saturated carbocycles. The van der Waals surface area contributed by atoms with Crippen LogP contribution in [-0.4, -0.2) is 15.9 Å². The number of benzene rings is 2. The van der Waals surface area contributed by atoms with Gasteiger partial charge in [0.2, 0.25) is 5.95 Å². The molecule has 1 heterocycles. The highest BCUT2D eigenvalue weighted by Gasteiger charge is 2.11. The number of aryl methyl sites for hydroxylation is 3. The number of nitrogens with zero attached hydrogens (tertiary/aromatic N) is 2. The summed E-state index contributed by atoms with van der Waals surface area (Å²) in [6.07, 6.45) is 2.97. The highest BCUT2D eigenvalue weighted by Crippen LogP contribution is 2.24. The van der Waals surface area contributed by atoms with Crippen molar-refractivity contribution < 1.29 is 4.79 Å². The molecule has 3 aromatic rings. The maximum atomic E-state index is 12.3. The summed E-state index contributed by atoms with van der Waals surface area (Å²) < 4.78 is 0. The molecule has 1 amide bonds. The van der Waals surface area contributed by atoms with Gasteiger partial charge in [0.25, 0.3) is 5.91 Å². The van der Waals surface area contributed by atoms with Gasteiger partial charge in [-0.15, -0.1) is 0 Å². The van der Waals surface area contributed by atoms with E-state index in [-0.39, 0.29) is 5.91 Å². The Morgan fingerprint density at radius 3 is 2.23 bits per heavy atom. The molecule has 1 aromatic heterocycles. The molecule has 2 N–H and O–H groups in total. The number of carbonyl (C=O) groups is 1. The predicted molar refractivity (Wildman–Crippen MR) is 105 cm³/mol. The molecule has 132 valence electrons. The molecule has 3 rings (SSSR count). The molecule has 0 spiro atoms. The number of halogens is 1. The zero-order valence-corrected chi connectivity index (χ0v) is 15.6. The van der Waals surface area contributed by atoms with Gasteiger partial charge in [0, 0.05) is 18.1 Å². The quantitative estimate of drug-likeness (QED) is 0.678. The lowest BCUT2D eigenvalue weighted by molar-refractivity contribution is 0.102. The second-order valence-electron chi connectivity index (χ2n) is 6.13. The van der Waals surface area contributed by atoms with E-state index < -0.39 is 0 Å². The van der Waals surface area contributed by atoms with Gasteiger partial charge in [-0.25, -0.2) is 9.97 Å². The summed E-state index contributed by atoms with van der Waals surface area (Å²) in [5, 5.41) is 6.44. The van der Waals surface area contributed by atoms with Gasteiger partial charge < -0.3 is 10.6 Å². The lowest BCUT2D eigenvalue weighted by Gasteiger charge is -2.13. The third-order valence-electron chi connectivity index (χ3n) is 3.95. The minimum absolute atomic E-state index is 0.313. The first-order valence-corrected chi connectivity index (χ1v) is 8.54. The predicted octanol–water partition coefficient (Wildman–Crippen LogP) is 5.05. The number of para-hydroxylation sites is 1. The summed E-state index contributed by atoms with van der Waals surface area (Å²) >= 11 is 6.06. The Labute approximate surface area is 157 Å². The molecular formula is C20H19ClN4O. The molecule has 0 bridgehead atoms. The maximum Gasteiger partial charge on any atom is 0.258 e. The van der Waals surface area contributed by atoms with Gasteiger partial charge in [-0.2, -0.15) is 0 Å². The average molecular weight is 367 g/mol. The molecule has 0 aliphatic carbocycles. The van der Waals surface area contributed by atoms with Crippen LogP contribution in [0.1, 0.15) is 27.0 Å². The van der Waals surface area contributed by atoms with Crippen molar-refractivity contribution in [1.82, 2.24) is 9.97 Å². The normalized spacial score (nSPS) is 10.5. The Hall–Kier alpha value is -2.92. The van der Waals surface area contributed by atoms with Crippen LogP contribution in [0.2, 0.25) is 5.02 Å². The van der Waals surface area contributed by atoms with Gasteiger partial charge in [-0.05, 0) is 44.0 Å². The smallest absolute Gasteiger partial charge is 0.258 e. The van der Waals surface area contributed by atoms with Crippen LogP contribution in [0.5, 0.6) is 0 Å². The number of carbonyl (C=O) groups excluding carboxylic acids is 1. The minimum atomic E-state index is -0.313. The van der Waals surface area contributed by atoms with E-state index in [1.807, 2.05) is 13.8 Å². The van der Waals surface area contributed by atoms with Crippen LogP contribution >= 0.6 is 11.6 Å². The van der Waals surface area contributed by atoms with Crippen LogP contribution in [0.4, 0.5) is 17.3 Å². The van der Waals surface area contributed by atoms with Crippen molar-refractivity contribution >= 4 is 34.8 Å². The summed E-state index contributed by atoms with van der Waals surface area (Å²) in [5.74, 6) is 0.127. The van der Waals surface area contributed by atoms with Crippen LogP contribution in [-0.2, 0) is 0 Å². The van der Waals surface area contributed by atoms with Crippen molar-refractivity contribution in [2.45, 2.75) is 20.8 Å². The van der Waals surface area contributed by atoms with E-state index >= 15 is 0 Å². The van der Waals surface area contributed by atoms with Crippen molar-refractivity contribution in [1.29, 1.82) is 0 Å². The van der Waals surface area contributed by atoms with Gasteiger partial charge in [0.15, 0.2) is 0 Å². The number of rotatable bonds is 4.